The molecule has 1 heterocycles. The smallest absolute Gasteiger partial charge is 0.306 e. The highest BCUT2D eigenvalue weighted by atomic mass is 16.6. The molecule has 4 rings (SSSR count). The maximum absolute atomic E-state index is 12.2. The van der Waals surface area contributed by atoms with E-state index in [0.717, 1.165) is 25.7 Å². The van der Waals surface area contributed by atoms with E-state index < -0.39 is 0 Å². The van der Waals surface area contributed by atoms with E-state index in [-0.39, 0.29) is 23.1 Å². The van der Waals surface area contributed by atoms with Gasteiger partial charge in [0.05, 0.1) is 6.10 Å². The van der Waals surface area contributed by atoms with Gasteiger partial charge in [-0.25, -0.2) is 0 Å². The molecule has 0 aromatic heterocycles. The molecule has 124 valence electrons. The first kappa shape index (κ1) is 15.0. The Morgan fingerprint density at radius 3 is 2.64 bits per heavy atom. The standard InChI is InChI=1S/C19H30O3/c1-4-5-6-7-16(20)21-14-10-8-12-17(14)13-9-11-15-19(13,22-15)18(12,2)3/h12-15,17H,4-11H2,1-3H3/t12-,13+,14+,15-,17+,19+/m1/s1. The van der Waals surface area contributed by atoms with Gasteiger partial charge in [0.2, 0.25) is 0 Å². The summed E-state index contributed by atoms with van der Waals surface area (Å²) in [4.78, 5) is 12.2. The molecule has 3 aliphatic carbocycles. The van der Waals surface area contributed by atoms with Crippen molar-refractivity contribution in [1.82, 2.24) is 0 Å². The Kier molecular flexibility index (Phi) is 3.38. The second-order valence-corrected chi connectivity index (χ2v) is 8.55. The molecular weight excluding hydrogens is 276 g/mol. The van der Waals surface area contributed by atoms with Gasteiger partial charge in [-0.3, -0.25) is 4.79 Å². The van der Waals surface area contributed by atoms with Crippen LogP contribution >= 0.6 is 0 Å². The third-order valence-corrected chi connectivity index (χ3v) is 7.37. The summed E-state index contributed by atoms with van der Waals surface area (Å²) in [6.45, 7) is 6.97. The molecule has 22 heavy (non-hydrogen) atoms. The number of hydrogen-bond donors (Lipinski definition) is 0. The number of hydrogen-bond acceptors (Lipinski definition) is 3. The molecular formula is C19H30O3. The van der Waals surface area contributed by atoms with Gasteiger partial charge in [-0.2, -0.15) is 0 Å². The minimum absolute atomic E-state index is 0.0316. The van der Waals surface area contributed by atoms with E-state index in [1.165, 1.54) is 19.3 Å². The van der Waals surface area contributed by atoms with Crippen LogP contribution < -0.4 is 0 Å². The van der Waals surface area contributed by atoms with Crippen LogP contribution in [0.2, 0.25) is 0 Å². The zero-order valence-electron chi connectivity index (χ0n) is 14.3. The average Bonchev–Trinajstić information content (AvgIpc) is 2.81. The van der Waals surface area contributed by atoms with Crippen LogP contribution in [0.1, 0.15) is 72.1 Å². The van der Waals surface area contributed by atoms with Crippen molar-refractivity contribution in [2.45, 2.75) is 89.9 Å². The van der Waals surface area contributed by atoms with Crippen LogP contribution in [0.15, 0.2) is 0 Å². The number of fused-ring (bicyclic) bond motifs is 2. The topological polar surface area (TPSA) is 38.8 Å². The average molecular weight is 306 g/mol. The van der Waals surface area contributed by atoms with Gasteiger partial charge in [0, 0.05) is 12.3 Å². The molecule has 4 fully saturated rings. The maximum Gasteiger partial charge on any atom is 0.306 e. The van der Waals surface area contributed by atoms with Crippen molar-refractivity contribution in [3.05, 3.63) is 0 Å². The van der Waals surface area contributed by atoms with Crippen LogP contribution in [0.25, 0.3) is 0 Å². The van der Waals surface area contributed by atoms with Crippen molar-refractivity contribution < 1.29 is 14.3 Å². The van der Waals surface area contributed by atoms with Crippen molar-refractivity contribution in [2.24, 2.45) is 23.2 Å². The zero-order chi connectivity index (χ0) is 15.5. The van der Waals surface area contributed by atoms with Crippen LogP contribution in [-0.2, 0) is 14.3 Å². The van der Waals surface area contributed by atoms with E-state index >= 15 is 0 Å². The fourth-order valence-corrected chi connectivity index (χ4v) is 6.41. The fraction of sp³-hybridized carbons (Fsp3) is 0.947. The number of rotatable bonds is 5. The molecule has 6 atom stereocenters. The van der Waals surface area contributed by atoms with E-state index in [4.69, 9.17) is 9.47 Å². The fourth-order valence-electron chi connectivity index (χ4n) is 6.41. The van der Waals surface area contributed by atoms with E-state index in [2.05, 4.69) is 20.8 Å². The molecule has 0 aromatic rings. The first-order valence-corrected chi connectivity index (χ1v) is 9.39. The van der Waals surface area contributed by atoms with E-state index in [0.29, 0.717) is 30.3 Å². The lowest BCUT2D eigenvalue weighted by atomic mass is 9.73. The molecule has 4 aliphatic rings. The second kappa shape index (κ2) is 4.96. The number of carbonyl (C=O) groups is 1. The molecule has 0 aromatic carbocycles. The molecule has 1 aliphatic heterocycles. The van der Waals surface area contributed by atoms with E-state index in [9.17, 15) is 4.79 Å². The quantitative estimate of drug-likeness (QED) is 0.436. The van der Waals surface area contributed by atoms with Gasteiger partial charge in [0.15, 0.2) is 0 Å². The lowest BCUT2D eigenvalue weighted by molar-refractivity contribution is -0.152. The first-order valence-electron chi connectivity index (χ1n) is 9.39. The lowest BCUT2D eigenvalue weighted by Gasteiger charge is -2.30. The minimum Gasteiger partial charge on any atom is -0.462 e. The Hall–Kier alpha value is -0.570. The Labute approximate surface area is 134 Å². The van der Waals surface area contributed by atoms with E-state index in [1.807, 2.05) is 0 Å². The molecule has 3 nitrogen and oxygen atoms in total. The van der Waals surface area contributed by atoms with Gasteiger partial charge in [0.25, 0.3) is 0 Å². The number of ether oxygens (including phenoxy) is 2. The predicted octanol–water partition coefficient (Wildman–Crippen LogP) is 4.09. The van der Waals surface area contributed by atoms with Gasteiger partial charge in [-0.15, -0.1) is 0 Å². The van der Waals surface area contributed by atoms with Crippen molar-refractivity contribution in [3.63, 3.8) is 0 Å². The number of esters is 1. The normalized spacial score (nSPS) is 47.0. The minimum atomic E-state index is 0.0316. The third kappa shape index (κ3) is 1.81. The highest BCUT2D eigenvalue weighted by molar-refractivity contribution is 5.69. The number of epoxide rings is 1. The number of carbonyl (C=O) groups excluding carboxylic acids is 1. The van der Waals surface area contributed by atoms with Gasteiger partial charge in [0.1, 0.15) is 11.7 Å². The van der Waals surface area contributed by atoms with Gasteiger partial charge in [-0.05, 0) is 49.4 Å². The van der Waals surface area contributed by atoms with Crippen LogP contribution in [0.4, 0.5) is 0 Å². The van der Waals surface area contributed by atoms with Gasteiger partial charge in [-0.1, -0.05) is 33.6 Å². The number of unbranched alkanes of at least 4 members (excludes halogenated alkanes) is 2. The van der Waals surface area contributed by atoms with Crippen molar-refractivity contribution in [3.8, 4) is 0 Å². The molecule has 3 heteroatoms. The molecule has 3 saturated carbocycles. The Morgan fingerprint density at radius 1 is 1.14 bits per heavy atom. The summed E-state index contributed by atoms with van der Waals surface area (Å²) >= 11 is 0. The summed E-state index contributed by atoms with van der Waals surface area (Å²) in [7, 11) is 0. The Bertz CT molecular complexity index is 471. The summed E-state index contributed by atoms with van der Waals surface area (Å²) in [6.07, 6.45) is 9.27. The van der Waals surface area contributed by atoms with Gasteiger partial charge < -0.3 is 9.47 Å². The maximum atomic E-state index is 12.2. The summed E-state index contributed by atoms with van der Waals surface area (Å²) < 4.78 is 12.2. The monoisotopic (exact) mass is 306 g/mol. The molecule has 1 spiro atoms. The summed E-state index contributed by atoms with van der Waals surface area (Å²) in [5.74, 6) is 1.89. The van der Waals surface area contributed by atoms with Crippen LogP contribution in [0.3, 0.4) is 0 Å². The Morgan fingerprint density at radius 2 is 1.91 bits per heavy atom. The van der Waals surface area contributed by atoms with Crippen molar-refractivity contribution in [1.29, 1.82) is 0 Å². The molecule has 0 bridgehead atoms. The van der Waals surface area contributed by atoms with Crippen LogP contribution in [-0.4, -0.2) is 23.8 Å². The highest BCUT2D eigenvalue weighted by Crippen LogP contribution is 2.75. The molecule has 0 radical (unpaired) electrons. The SMILES string of the molecule is CCCCCC(=O)O[C@H]1CC[C@@H]2[C@H]1[C@@H]1CC[C@H]3O[C@]31C2(C)C. The molecule has 1 saturated heterocycles. The molecule has 0 N–H and O–H groups in total. The van der Waals surface area contributed by atoms with Gasteiger partial charge >= 0.3 is 5.97 Å². The zero-order valence-corrected chi connectivity index (χ0v) is 14.3. The largest absolute Gasteiger partial charge is 0.462 e. The summed E-state index contributed by atoms with van der Waals surface area (Å²) in [6, 6.07) is 0. The van der Waals surface area contributed by atoms with Crippen LogP contribution in [0, 0.1) is 23.2 Å². The molecule has 0 amide bonds. The predicted molar refractivity (Wildman–Crippen MR) is 84.3 cm³/mol. The highest BCUT2D eigenvalue weighted by Gasteiger charge is 2.81. The Balaban J connectivity index is 1.45. The van der Waals surface area contributed by atoms with Crippen molar-refractivity contribution >= 4 is 5.97 Å². The van der Waals surface area contributed by atoms with Crippen LogP contribution in [0.5, 0.6) is 0 Å². The molecule has 0 unspecified atom stereocenters. The van der Waals surface area contributed by atoms with Crippen molar-refractivity contribution in [2.75, 3.05) is 0 Å². The first-order chi connectivity index (χ1) is 10.5. The lowest BCUT2D eigenvalue weighted by Crippen LogP contribution is -2.35. The summed E-state index contributed by atoms with van der Waals surface area (Å²) in [5, 5.41) is 0. The summed E-state index contributed by atoms with van der Waals surface area (Å²) in [5.41, 5.74) is 0.391. The second-order valence-electron chi connectivity index (χ2n) is 8.55. The van der Waals surface area contributed by atoms with E-state index in [1.54, 1.807) is 0 Å². The third-order valence-electron chi connectivity index (χ3n) is 7.37.